The van der Waals surface area contributed by atoms with Crippen LogP contribution < -0.4 is 69.8 Å². The summed E-state index contributed by atoms with van der Waals surface area (Å²) in [5.41, 5.74) is 0. The zero-order valence-corrected chi connectivity index (χ0v) is 9.01. The molecule has 0 nitrogen and oxygen atoms in total. The van der Waals surface area contributed by atoms with Crippen LogP contribution in [-0.2, 0) is 0 Å². The monoisotopic (exact) mass is 268 g/mol. The Labute approximate surface area is 91.5 Å². The van der Waals surface area contributed by atoms with E-state index in [1.165, 1.54) is 0 Å². The molecule has 0 saturated carbocycles. The summed E-state index contributed by atoms with van der Waals surface area (Å²) in [6, 6.07) is 0. The maximum atomic E-state index is 0. The van der Waals surface area contributed by atoms with Crippen LogP contribution >= 0.6 is 0 Å². The first-order valence-corrected chi connectivity index (χ1v) is 0. The van der Waals surface area contributed by atoms with Gasteiger partial charge in [-0.2, -0.15) is 0 Å². The molecule has 24 valence electrons. The van der Waals surface area contributed by atoms with Crippen molar-refractivity contribution in [2.24, 2.45) is 0 Å². The average molecular weight is 271 g/mol. The van der Waals surface area contributed by atoms with E-state index in [0.717, 1.165) is 0 Å². The van der Waals surface area contributed by atoms with Gasteiger partial charge in [-0.05, 0) is 0 Å². The summed E-state index contributed by atoms with van der Waals surface area (Å²) >= 11 is 0. The molecule has 0 heterocycles. The van der Waals surface area contributed by atoms with Crippen molar-refractivity contribution in [1.29, 1.82) is 0 Å². The van der Waals surface area contributed by atoms with Gasteiger partial charge in [-0.1, -0.05) is 0 Å². The molecule has 0 fully saturated rings. The Bertz CT molecular complexity index is 6.85. The third kappa shape index (κ3) is 20.0. The van der Waals surface area contributed by atoms with Crippen molar-refractivity contribution in [2.45, 2.75) is 0 Å². The second-order valence-electron chi connectivity index (χ2n) is 0. The van der Waals surface area contributed by atoms with Crippen LogP contribution in [0, 0.1) is 0 Å². The Morgan fingerprint density at radius 1 is 0.600 bits per heavy atom. The quantitative estimate of drug-likeness (QED) is 0.384. The largest absolute Gasteiger partial charge is 2.00 e. The van der Waals surface area contributed by atoms with Crippen molar-refractivity contribution < 1.29 is 69.8 Å². The summed E-state index contributed by atoms with van der Waals surface area (Å²) in [4.78, 5) is 0. The minimum absolute atomic E-state index is 0. The molecule has 0 spiro atoms. The van der Waals surface area contributed by atoms with Crippen LogP contribution in [0.4, 0.5) is 0 Å². The van der Waals surface area contributed by atoms with Crippen LogP contribution in [0.25, 0.3) is 0 Å². The fourth-order valence-corrected chi connectivity index (χ4v) is 0. The first-order valence-electron chi connectivity index (χ1n) is 0. The molecule has 0 N–H and O–H groups in total. The Balaban J connectivity index is 0. The smallest absolute Gasteiger partial charge is 1.00 e. The Morgan fingerprint density at radius 2 is 0.600 bits per heavy atom. The van der Waals surface area contributed by atoms with E-state index in [9.17, 15) is 0 Å². The molecular weight excluding hydrogens is 271 g/mol. The second-order valence-corrected chi connectivity index (χ2v) is 0. The van der Waals surface area contributed by atoms with Crippen molar-refractivity contribution in [1.82, 2.24) is 0 Å². The molecular formula is Br3LiMg. The van der Waals surface area contributed by atoms with Crippen LogP contribution in [0.3, 0.4) is 0 Å². The SMILES string of the molecule is [Br-].[Br-].[Br-].[Li+].[Mg+2]. The molecule has 0 aromatic heterocycles. The van der Waals surface area contributed by atoms with Gasteiger partial charge in [-0.3, -0.25) is 0 Å². The molecule has 0 amide bonds. The van der Waals surface area contributed by atoms with Crippen LogP contribution in [0.15, 0.2) is 0 Å². The number of hydrogen-bond acceptors (Lipinski definition) is 0. The molecule has 0 atom stereocenters. The van der Waals surface area contributed by atoms with Gasteiger partial charge in [0.1, 0.15) is 0 Å². The summed E-state index contributed by atoms with van der Waals surface area (Å²) in [6.07, 6.45) is 0. The van der Waals surface area contributed by atoms with Crippen molar-refractivity contribution in [3.05, 3.63) is 0 Å². The molecule has 0 radical (unpaired) electrons. The summed E-state index contributed by atoms with van der Waals surface area (Å²) in [6.45, 7) is 0. The van der Waals surface area contributed by atoms with Gasteiger partial charge in [0.15, 0.2) is 0 Å². The molecule has 0 aliphatic carbocycles. The molecule has 0 unspecified atom stereocenters. The van der Waals surface area contributed by atoms with E-state index < -0.39 is 0 Å². The standard InChI is InChI=1S/3BrH.Li.Mg/h3*1H;;/q;;;+1;+2/p-3. The Kier molecular flexibility index (Phi) is 268. The molecule has 5 heavy (non-hydrogen) atoms. The van der Waals surface area contributed by atoms with Crippen LogP contribution in [-0.4, -0.2) is 23.1 Å². The summed E-state index contributed by atoms with van der Waals surface area (Å²) in [7, 11) is 0. The predicted octanol–water partition coefficient (Wildman–Crippen LogP) is -12.4. The third-order valence-electron chi connectivity index (χ3n) is 0. The van der Waals surface area contributed by atoms with E-state index in [1.54, 1.807) is 0 Å². The van der Waals surface area contributed by atoms with E-state index in [1.807, 2.05) is 0 Å². The van der Waals surface area contributed by atoms with Gasteiger partial charge >= 0.3 is 41.9 Å². The minimum Gasteiger partial charge on any atom is -1.00 e. The van der Waals surface area contributed by atoms with E-state index in [-0.39, 0.29) is 92.9 Å². The number of halogens is 3. The van der Waals surface area contributed by atoms with E-state index >= 15 is 0 Å². The maximum Gasteiger partial charge on any atom is 2.00 e. The second kappa shape index (κ2) is 29.2. The normalized spacial score (nSPS) is 0. The van der Waals surface area contributed by atoms with Gasteiger partial charge in [0.25, 0.3) is 0 Å². The molecule has 0 rings (SSSR count). The predicted molar refractivity (Wildman–Crippen MR) is 5.75 cm³/mol. The summed E-state index contributed by atoms with van der Waals surface area (Å²) in [5.74, 6) is 0. The molecule has 0 saturated heterocycles. The molecule has 0 aromatic carbocycles. The van der Waals surface area contributed by atoms with Gasteiger partial charge in [0, 0.05) is 0 Å². The Morgan fingerprint density at radius 3 is 0.600 bits per heavy atom. The average Bonchev–Trinajstić information content (AvgIpc) is 0. The van der Waals surface area contributed by atoms with Gasteiger partial charge < -0.3 is 50.9 Å². The number of hydrogen-bond donors (Lipinski definition) is 0. The van der Waals surface area contributed by atoms with E-state index in [2.05, 4.69) is 0 Å². The van der Waals surface area contributed by atoms with Crippen molar-refractivity contribution in [3.63, 3.8) is 0 Å². The van der Waals surface area contributed by atoms with Crippen molar-refractivity contribution >= 4 is 23.1 Å². The van der Waals surface area contributed by atoms with Crippen LogP contribution in [0.1, 0.15) is 0 Å². The van der Waals surface area contributed by atoms with E-state index in [0.29, 0.717) is 0 Å². The Hall–Kier alpha value is 2.80. The van der Waals surface area contributed by atoms with Gasteiger partial charge in [0.05, 0.1) is 0 Å². The van der Waals surface area contributed by atoms with E-state index in [4.69, 9.17) is 0 Å². The molecule has 0 aromatic rings. The molecule has 0 bridgehead atoms. The van der Waals surface area contributed by atoms with Crippen LogP contribution in [0.5, 0.6) is 0 Å². The fourth-order valence-electron chi connectivity index (χ4n) is 0. The van der Waals surface area contributed by atoms with Gasteiger partial charge in [-0.25, -0.2) is 0 Å². The topological polar surface area (TPSA) is 0 Å². The maximum absolute atomic E-state index is 0. The third-order valence-corrected chi connectivity index (χ3v) is 0. The van der Waals surface area contributed by atoms with Crippen molar-refractivity contribution in [3.8, 4) is 0 Å². The molecule has 5 heteroatoms. The fraction of sp³-hybridized carbons (Fsp3) is 0. The molecule has 0 aliphatic heterocycles. The first-order chi connectivity index (χ1) is 0. The van der Waals surface area contributed by atoms with Gasteiger partial charge in [0.2, 0.25) is 0 Å². The summed E-state index contributed by atoms with van der Waals surface area (Å²) in [5, 5.41) is 0. The summed E-state index contributed by atoms with van der Waals surface area (Å²) < 4.78 is 0. The minimum atomic E-state index is 0. The zero-order chi connectivity index (χ0) is 0. The number of rotatable bonds is 0. The van der Waals surface area contributed by atoms with Gasteiger partial charge in [-0.15, -0.1) is 0 Å². The zero-order valence-electron chi connectivity index (χ0n) is 2.84. The van der Waals surface area contributed by atoms with Crippen molar-refractivity contribution in [2.75, 3.05) is 0 Å². The molecule has 0 aliphatic rings. The first kappa shape index (κ1) is 46.0. The van der Waals surface area contributed by atoms with Crippen LogP contribution in [0.2, 0.25) is 0 Å².